The van der Waals surface area contributed by atoms with E-state index in [0.717, 1.165) is 0 Å². The minimum atomic E-state index is -0.148. The van der Waals surface area contributed by atoms with Crippen LogP contribution in [0.25, 0.3) is 0 Å². The fraction of sp³-hybridized carbons (Fsp3) is 0.500. The second kappa shape index (κ2) is 6.36. The van der Waals surface area contributed by atoms with Crippen LogP contribution in [0, 0.1) is 0 Å². The largest absolute Gasteiger partial charge is 0.477 e. The van der Waals surface area contributed by atoms with Gasteiger partial charge in [0.05, 0.1) is 6.61 Å². The summed E-state index contributed by atoms with van der Waals surface area (Å²) in [6.07, 6.45) is 1.91. The third-order valence-corrected chi connectivity index (χ3v) is 3.23. The lowest BCUT2D eigenvalue weighted by atomic mass is 10.1. The molecule has 0 radical (unpaired) electrons. The van der Waals surface area contributed by atoms with Crippen LogP contribution < -0.4 is 10.1 Å². The molecule has 6 heteroatoms. The van der Waals surface area contributed by atoms with Gasteiger partial charge in [-0.25, -0.2) is 4.98 Å². The van der Waals surface area contributed by atoms with Crippen LogP contribution in [0.5, 0.6) is 5.88 Å². The summed E-state index contributed by atoms with van der Waals surface area (Å²) in [5.74, 6) is 0.172. The van der Waals surface area contributed by atoms with Crippen molar-refractivity contribution in [2.75, 3.05) is 19.7 Å². The Morgan fingerprint density at radius 1 is 1.60 bits per heavy atom. The maximum Gasteiger partial charge on any atom is 0.259 e. The molecular weight excluding hydrogens is 258 g/mol. The number of carbonyl (C=O) groups is 2. The Morgan fingerprint density at radius 2 is 2.40 bits per heavy atom. The lowest BCUT2D eigenvalue weighted by molar-refractivity contribution is -0.121. The first-order chi connectivity index (χ1) is 9.63. The predicted molar refractivity (Wildman–Crippen MR) is 73.5 cm³/mol. The molecule has 2 heterocycles. The first kappa shape index (κ1) is 14.3. The number of pyridine rings is 1. The molecule has 0 aliphatic carbocycles. The molecule has 2 rings (SSSR count). The fourth-order valence-corrected chi connectivity index (χ4v) is 2.25. The van der Waals surface area contributed by atoms with Gasteiger partial charge in [0.1, 0.15) is 5.56 Å². The molecule has 1 atom stereocenters. The Balaban J connectivity index is 2.23. The summed E-state index contributed by atoms with van der Waals surface area (Å²) in [5, 5.41) is 2.77. The molecule has 1 fully saturated rings. The highest BCUT2D eigenvalue weighted by Crippen LogP contribution is 2.19. The molecule has 20 heavy (non-hydrogen) atoms. The van der Waals surface area contributed by atoms with Gasteiger partial charge in [0.15, 0.2) is 0 Å². The van der Waals surface area contributed by atoms with Crippen LogP contribution in [-0.2, 0) is 4.79 Å². The number of carbonyl (C=O) groups excluding carboxylic acids is 2. The molecule has 1 saturated heterocycles. The summed E-state index contributed by atoms with van der Waals surface area (Å²) < 4.78 is 5.40. The molecule has 0 saturated carbocycles. The van der Waals surface area contributed by atoms with E-state index in [1.54, 1.807) is 23.2 Å². The number of nitrogens with zero attached hydrogens (tertiary/aromatic N) is 2. The topological polar surface area (TPSA) is 71.5 Å². The van der Waals surface area contributed by atoms with E-state index in [-0.39, 0.29) is 17.9 Å². The zero-order valence-electron chi connectivity index (χ0n) is 11.8. The molecule has 0 aromatic carbocycles. The molecular formula is C14H19N3O3. The van der Waals surface area contributed by atoms with E-state index < -0.39 is 0 Å². The fourth-order valence-electron chi connectivity index (χ4n) is 2.25. The van der Waals surface area contributed by atoms with Gasteiger partial charge in [-0.05, 0) is 26.0 Å². The van der Waals surface area contributed by atoms with Gasteiger partial charge in [-0.15, -0.1) is 0 Å². The van der Waals surface area contributed by atoms with Gasteiger partial charge < -0.3 is 15.0 Å². The van der Waals surface area contributed by atoms with Gasteiger partial charge in [0.25, 0.3) is 5.91 Å². The Morgan fingerprint density at radius 3 is 3.15 bits per heavy atom. The number of rotatable bonds is 3. The highest BCUT2D eigenvalue weighted by atomic mass is 16.5. The van der Waals surface area contributed by atoms with E-state index >= 15 is 0 Å². The summed E-state index contributed by atoms with van der Waals surface area (Å²) in [5.41, 5.74) is 0.440. The first-order valence-electron chi connectivity index (χ1n) is 6.79. The average molecular weight is 277 g/mol. The van der Waals surface area contributed by atoms with Crippen LogP contribution in [0.3, 0.4) is 0 Å². The lowest BCUT2D eigenvalue weighted by Crippen LogP contribution is -2.39. The smallest absolute Gasteiger partial charge is 0.259 e. The Bertz CT molecular complexity index is 504. The summed E-state index contributed by atoms with van der Waals surface area (Å²) >= 11 is 0. The Kier molecular flexibility index (Phi) is 4.55. The maximum atomic E-state index is 12.6. The van der Waals surface area contributed by atoms with Gasteiger partial charge >= 0.3 is 0 Å². The molecule has 1 aromatic rings. The zero-order valence-corrected chi connectivity index (χ0v) is 11.8. The molecule has 1 aliphatic rings. The van der Waals surface area contributed by atoms with Gasteiger partial charge in [-0.3, -0.25) is 9.59 Å². The van der Waals surface area contributed by atoms with E-state index in [1.165, 1.54) is 0 Å². The second-order valence-corrected chi connectivity index (χ2v) is 4.69. The van der Waals surface area contributed by atoms with Crippen molar-refractivity contribution in [3.05, 3.63) is 23.9 Å². The number of amides is 2. The quantitative estimate of drug-likeness (QED) is 0.888. The molecule has 2 amide bonds. The van der Waals surface area contributed by atoms with Crippen molar-refractivity contribution in [2.45, 2.75) is 26.3 Å². The number of hydrogen-bond donors (Lipinski definition) is 1. The van der Waals surface area contributed by atoms with Crippen molar-refractivity contribution in [1.29, 1.82) is 0 Å². The number of ether oxygens (including phenoxy) is 1. The van der Waals surface area contributed by atoms with Crippen molar-refractivity contribution in [3.63, 3.8) is 0 Å². The average Bonchev–Trinajstić information content (AvgIpc) is 2.59. The van der Waals surface area contributed by atoms with Crippen molar-refractivity contribution in [3.8, 4) is 5.88 Å². The lowest BCUT2D eigenvalue weighted by Gasteiger charge is -2.26. The second-order valence-electron chi connectivity index (χ2n) is 4.69. The van der Waals surface area contributed by atoms with E-state index in [2.05, 4.69) is 10.3 Å². The third-order valence-electron chi connectivity index (χ3n) is 3.23. The minimum Gasteiger partial charge on any atom is -0.477 e. The highest BCUT2D eigenvalue weighted by molar-refractivity contribution is 5.97. The molecule has 0 bridgehead atoms. The standard InChI is InChI=1S/C14H19N3O3/c1-3-20-13-11(5-4-6-16-13)14(19)17-8-7-15-12(18)9-10(17)2/h4-6,10H,3,7-9H2,1-2H3,(H,15,18). The van der Waals surface area contributed by atoms with Crippen molar-refractivity contribution in [1.82, 2.24) is 15.2 Å². The molecule has 1 aliphatic heterocycles. The monoisotopic (exact) mass is 277 g/mol. The van der Waals surface area contributed by atoms with Gasteiger partial charge in [-0.1, -0.05) is 0 Å². The van der Waals surface area contributed by atoms with Crippen molar-refractivity contribution >= 4 is 11.8 Å². The minimum absolute atomic E-state index is 0.0241. The molecule has 1 aromatic heterocycles. The maximum absolute atomic E-state index is 12.6. The van der Waals surface area contributed by atoms with Crippen molar-refractivity contribution in [2.24, 2.45) is 0 Å². The summed E-state index contributed by atoms with van der Waals surface area (Å²) in [6.45, 7) is 5.14. The zero-order chi connectivity index (χ0) is 14.5. The molecule has 1 unspecified atom stereocenters. The van der Waals surface area contributed by atoms with Gasteiger partial charge in [0.2, 0.25) is 11.8 Å². The highest BCUT2D eigenvalue weighted by Gasteiger charge is 2.27. The summed E-state index contributed by atoms with van der Waals surface area (Å²) in [6, 6.07) is 3.27. The van der Waals surface area contributed by atoms with Crippen LogP contribution in [-0.4, -0.2) is 47.4 Å². The van der Waals surface area contributed by atoms with E-state index in [0.29, 0.717) is 37.6 Å². The van der Waals surface area contributed by atoms with Gasteiger partial charge in [-0.2, -0.15) is 0 Å². The normalized spacial score (nSPS) is 19.2. The van der Waals surface area contributed by atoms with Crippen LogP contribution in [0.2, 0.25) is 0 Å². The van der Waals surface area contributed by atoms with Crippen LogP contribution >= 0.6 is 0 Å². The number of hydrogen-bond acceptors (Lipinski definition) is 4. The number of aromatic nitrogens is 1. The van der Waals surface area contributed by atoms with Crippen molar-refractivity contribution < 1.29 is 14.3 Å². The summed E-state index contributed by atoms with van der Waals surface area (Å²) in [4.78, 5) is 29.9. The Hall–Kier alpha value is -2.11. The van der Waals surface area contributed by atoms with Crippen LogP contribution in [0.1, 0.15) is 30.6 Å². The molecule has 6 nitrogen and oxygen atoms in total. The van der Waals surface area contributed by atoms with Gasteiger partial charge in [0, 0.05) is 31.7 Å². The third kappa shape index (κ3) is 3.07. The molecule has 1 N–H and O–H groups in total. The molecule has 108 valence electrons. The van der Waals surface area contributed by atoms with E-state index in [1.807, 2.05) is 13.8 Å². The van der Waals surface area contributed by atoms with E-state index in [4.69, 9.17) is 4.74 Å². The summed E-state index contributed by atoms with van der Waals surface area (Å²) in [7, 11) is 0. The van der Waals surface area contributed by atoms with Crippen LogP contribution in [0.15, 0.2) is 18.3 Å². The number of nitrogens with one attached hydrogen (secondary N) is 1. The predicted octanol–water partition coefficient (Wildman–Crippen LogP) is 0.831. The van der Waals surface area contributed by atoms with E-state index in [9.17, 15) is 9.59 Å². The Labute approximate surface area is 118 Å². The molecule has 0 spiro atoms. The first-order valence-corrected chi connectivity index (χ1v) is 6.79. The SMILES string of the molecule is CCOc1ncccc1C(=O)N1CCNC(=O)CC1C. The van der Waals surface area contributed by atoms with Crippen LogP contribution in [0.4, 0.5) is 0 Å².